The van der Waals surface area contributed by atoms with Gasteiger partial charge in [0.1, 0.15) is 0 Å². The monoisotopic (exact) mass is 500 g/mol. The highest BCUT2D eigenvalue weighted by Crippen LogP contribution is 2.58. The standard InChI is InChI=1S/C22H42N4O3.C2H2O4/c1-21-10-8-18(7-6-13-28-14-12-26(4)5)15-22(21,27)11-9-19(21)16-25-29-20(24-3)17-23-2;3-1(4)2(5)6/h7,16,19-20,23-24,27H,6,8-15,17H2,1-5H3;(H,3,4)(H,5,6)/b18-7+,25-16?;/t19-,20?,21-,22+;/m1./s1. The topological polar surface area (TPSA) is 153 Å². The predicted molar refractivity (Wildman–Crippen MR) is 133 cm³/mol. The lowest BCUT2D eigenvalue weighted by atomic mass is 9.61. The molecule has 2 rings (SSSR count). The molecule has 35 heavy (non-hydrogen) atoms. The molecular weight excluding hydrogens is 456 g/mol. The average Bonchev–Trinajstić information content (AvgIpc) is 3.05. The van der Waals surface area contributed by atoms with Crippen LogP contribution in [0.4, 0.5) is 0 Å². The molecule has 0 bridgehead atoms. The molecule has 0 amide bonds. The third kappa shape index (κ3) is 9.85. The summed E-state index contributed by atoms with van der Waals surface area (Å²) in [4.78, 5) is 25.9. The summed E-state index contributed by atoms with van der Waals surface area (Å²) in [6.45, 7) is 5.38. The second-order valence-corrected chi connectivity index (χ2v) is 9.64. The van der Waals surface area contributed by atoms with Gasteiger partial charge in [0.25, 0.3) is 0 Å². The Bertz CT molecular complexity index is 719. The van der Waals surface area contributed by atoms with Crippen molar-refractivity contribution in [3.05, 3.63) is 11.6 Å². The Balaban J connectivity index is 0.000000905. The maximum Gasteiger partial charge on any atom is 0.414 e. The number of nitrogens with zero attached hydrogens (tertiary/aromatic N) is 2. The van der Waals surface area contributed by atoms with Crippen molar-refractivity contribution in [2.45, 2.75) is 57.3 Å². The zero-order chi connectivity index (χ0) is 26.5. The number of oxime groups is 1. The van der Waals surface area contributed by atoms with Crippen LogP contribution in [0.5, 0.6) is 0 Å². The first-order chi connectivity index (χ1) is 16.5. The Labute approximate surface area is 208 Å². The van der Waals surface area contributed by atoms with Crippen molar-refractivity contribution < 1.29 is 34.5 Å². The SMILES string of the molecule is CNCC(NC)ON=C[C@H]1CC[C@]2(O)C/C(=C/CCOCCN(C)C)CC[C@]12C.O=C(O)C(=O)O. The summed E-state index contributed by atoms with van der Waals surface area (Å²) >= 11 is 0. The second-order valence-electron chi connectivity index (χ2n) is 9.64. The number of carboxylic acid groups (broad SMARTS) is 2. The van der Waals surface area contributed by atoms with E-state index in [0.29, 0.717) is 6.54 Å². The zero-order valence-electron chi connectivity index (χ0n) is 21.7. The minimum absolute atomic E-state index is 0.141. The highest BCUT2D eigenvalue weighted by Gasteiger charge is 2.57. The largest absolute Gasteiger partial charge is 0.473 e. The summed E-state index contributed by atoms with van der Waals surface area (Å²) < 4.78 is 5.68. The molecule has 0 spiro atoms. The molecule has 0 aliphatic heterocycles. The van der Waals surface area contributed by atoms with Crippen LogP contribution in [0.2, 0.25) is 0 Å². The number of aliphatic hydroxyl groups is 1. The number of aliphatic carboxylic acids is 2. The van der Waals surface area contributed by atoms with E-state index in [1.165, 1.54) is 5.57 Å². The van der Waals surface area contributed by atoms with Gasteiger partial charge in [0.2, 0.25) is 0 Å². The first kappa shape index (κ1) is 31.0. The lowest BCUT2D eigenvalue weighted by molar-refractivity contribution is -0.159. The molecule has 2 aliphatic rings. The van der Waals surface area contributed by atoms with Crippen molar-refractivity contribution >= 4 is 18.2 Å². The molecular formula is C24H44N4O7. The summed E-state index contributed by atoms with van der Waals surface area (Å²) in [5.74, 6) is -3.40. The second kappa shape index (κ2) is 15.1. The fraction of sp³-hybridized carbons (Fsp3) is 0.792. The van der Waals surface area contributed by atoms with Crippen LogP contribution in [0.3, 0.4) is 0 Å². The van der Waals surface area contributed by atoms with Crippen molar-refractivity contribution in [2.75, 3.05) is 54.5 Å². The summed E-state index contributed by atoms with van der Waals surface area (Å²) in [5.41, 5.74) is 0.587. The van der Waals surface area contributed by atoms with E-state index in [-0.39, 0.29) is 17.6 Å². The molecule has 5 N–H and O–H groups in total. The molecule has 11 heteroatoms. The number of ether oxygens (including phenoxy) is 1. The molecule has 0 saturated heterocycles. The maximum atomic E-state index is 11.4. The molecule has 0 aromatic heterocycles. The molecule has 4 atom stereocenters. The Morgan fingerprint density at radius 3 is 2.49 bits per heavy atom. The van der Waals surface area contributed by atoms with Crippen molar-refractivity contribution in [2.24, 2.45) is 16.5 Å². The Morgan fingerprint density at radius 1 is 1.23 bits per heavy atom. The van der Waals surface area contributed by atoms with Crippen LogP contribution in [0.15, 0.2) is 16.8 Å². The maximum absolute atomic E-state index is 11.4. The van der Waals surface area contributed by atoms with Gasteiger partial charge in [0, 0.05) is 30.6 Å². The van der Waals surface area contributed by atoms with Crippen LogP contribution in [-0.2, 0) is 19.2 Å². The summed E-state index contributed by atoms with van der Waals surface area (Å²) in [6.07, 6.45) is 9.56. The molecule has 2 aliphatic carbocycles. The van der Waals surface area contributed by atoms with Crippen LogP contribution in [0.25, 0.3) is 0 Å². The number of fused-ring (bicyclic) bond motifs is 1. The minimum atomic E-state index is -1.82. The fourth-order valence-electron chi connectivity index (χ4n) is 4.60. The predicted octanol–water partition coefficient (Wildman–Crippen LogP) is 1.14. The Hall–Kier alpha value is -2.05. The minimum Gasteiger partial charge on any atom is -0.473 e. The van der Waals surface area contributed by atoms with Crippen LogP contribution >= 0.6 is 0 Å². The van der Waals surface area contributed by atoms with E-state index < -0.39 is 17.5 Å². The molecule has 0 aromatic rings. The Kier molecular flexibility index (Phi) is 13.4. The van der Waals surface area contributed by atoms with Gasteiger partial charge >= 0.3 is 11.9 Å². The first-order valence-electron chi connectivity index (χ1n) is 12.1. The van der Waals surface area contributed by atoms with Crippen LogP contribution in [-0.4, -0.2) is 105 Å². The molecule has 2 fully saturated rings. The number of hydrogen-bond acceptors (Lipinski definition) is 9. The average molecular weight is 501 g/mol. The van der Waals surface area contributed by atoms with Crippen LogP contribution in [0, 0.1) is 11.3 Å². The number of hydrogen-bond donors (Lipinski definition) is 5. The van der Waals surface area contributed by atoms with Gasteiger partial charge in [-0.25, -0.2) is 9.59 Å². The lowest BCUT2D eigenvalue weighted by Gasteiger charge is -2.47. The van der Waals surface area contributed by atoms with E-state index >= 15 is 0 Å². The van der Waals surface area contributed by atoms with Gasteiger partial charge in [-0.3, -0.25) is 5.32 Å². The molecule has 202 valence electrons. The third-order valence-electron chi connectivity index (χ3n) is 6.94. The number of carbonyl (C=O) groups is 2. The molecule has 0 heterocycles. The van der Waals surface area contributed by atoms with Gasteiger partial charge < -0.3 is 35.1 Å². The van der Waals surface area contributed by atoms with Crippen molar-refractivity contribution in [3.8, 4) is 0 Å². The fourth-order valence-corrected chi connectivity index (χ4v) is 4.60. The number of likely N-dealkylation sites (N-methyl/N-ethyl adjacent to an activating group) is 3. The van der Waals surface area contributed by atoms with Gasteiger partial charge in [0.05, 0.1) is 18.8 Å². The van der Waals surface area contributed by atoms with Crippen molar-refractivity contribution in [3.63, 3.8) is 0 Å². The molecule has 2 saturated carbocycles. The van der Waals surface area contributed by atoms with Crippen LogP contribution < -0.4 is 10.6 Å². The first-order valence-corrected chi connectivity index (χ1v) is 12.1. The van der Waals surface area contributed by atoms with Gasteiger partial charge in [-0.05, 0) is 66.7 Å². The molecule has 0 aromatic carbocycles. The van der Waals surface area contributed by atoms with Crippen LogP contribution in [0.1, 0.15) is 45.4 Å². The summed E-state index contributed by atoms with van der Waals surface area (Å²) in [5, 5.41) is 36.6. The smallest absolute Gasteiger partial charge is 0.414 e. The van der Waals surface area contributed by atoms with E-state index in [9.17, 15) is 5.11 Å². The van der Waals surface area contributed by atoms with Gasteiger partial charge in [-0.1, -0.05) is 23.7 Å². The number of rotatable bonds is 12. The number of carboxylic acids is 2. The number of nitrogens with one attached hydrogen (secondary N) is 2. The van der Waals surface area contributed by atoms with Gasteiger partial charge in [0.15, 0.2) is 6.23 Å². The molecule has 1 unspecified atom stereocenters. The van der Waals surface area contributed by atoms with E-state index in [2.05, 4.69) is 47.8 Å². The quantitative estimate of drug-likeness (QED) is 0.0658. The Morgan fingerprint density at radius 2 is 1.91 bits per heavy atom. The van der Waals surface area contributed by atoms with E-state index in [1.54, 1.807) is 0 Å². The lowest BCUT2D eigenvalue weighted by Crippen LogP contribution is -2.48. The normalized spacial score (nSPS) is 28.0. The molecule has 11 nitrogen and oxygen atoms in total. The highest BCUT2D eigenvalue weighted by atomic mass is 16.6. The van der Waals surface area contributed by atoms with Crippen molar-refractivity contribution in [1.29, 1.82) is 0 Å². The molecule has 0 radical (unpaired) electrons. The van der Waals surface area contributed by atoms with Gasteiger partial charge in [-0.15, -0.1) is 0 Å². The summed E-state index contributed by atoms with van der Waals surface area (Å²) in [6, 6.07) is 0. The highest BCUT2D eigenvalue weighted by molar-refractivity contribution is 6.27. The summed E-state index contributed by atoms with van der Waals surface area (Å²) in [7, 11) is 7.85. The van der Waals surface area contributed by atoms with Gasteiger partial charge in [-0.2, -0.15) is 0 Å². The van der Waals surface area contributed by atoms with E-state index in [4.69, 9.17) is 29.4 Å². The zero-order valence-corrected chi connectivity index (χ0v) is 21.7. The van der Waals surface area contributed by atoms with E-state index in [0.717, 1.165) is 58.3 Å². The van der Waals surface area contributed by atoms with E-state index in [1.807, 2.05) is 20.3 Å². The van der Waals surface area contributed by atoms with Crippen molar-refractivity contribution in [1.82, 2.24) is 15.5 Å². The third-order valence-corrected chi connectivity index (χ3v) is 6.94.